The van der Waals surface area contributed by atoms with E-state index in [0.29, 0.717) is 16.9 Å². The van der Waals surface area contributed by atoms with Gasteiger partial charge in [0, 0.05) is 20.9 Å². The van der Waals surface area contributed by atoms with Crippen LogP contribution in [-0.4, -0.2) is 12.9 Å². The van der Waals surface area contributed by atoms with Gasteiger partial charge in [-0.2, -0.15) is 13.2 Å². The van der Waals surface area contributed by atoms with Crippen LogP contribution in [0.3, 0.4) is 0 Å². The summed E-state index contributed by atoms with van der Waals surface area (Å²) < 4.78 is 47.4. The van der Waals surface area contributed by atoms with Crippen LogP contribution in [0.25, 0.3) is 0 Å². The van der Waals surface area contributed by atoms with E-state index in [1.54, 1.807) is 43.5 Å². The third-order valence-corrected chi connectivity index (χ3v) is 9.77. The molecule has 5 rings (SSSR count). The smallest absolute Gasteiger partial charge is 0.421 e. The maximum absolute atomic E-state index is 14.0. The predicted octanol–water partition coefficient (Wildman–Crippen LogP) is 9.50. The van der Waals surface area contributed by atoms with Crippen molar-refractivity contribution >= 4 is 28.4 Å². The van der Waals surface area contributed by atoms with E-state index in [4.69, 9.17) is 4.74 Å². The summed E-state index contributed by atoms with van der Waals surface area (Å²) in [5.74, 6) is 0.601. The molecular weight excluding hydrogens is 562 g/mol. The molecule has 5 aromatic carbocycles. The van der Waals surface area contributed by atoms with Gasteiger partial charge in [0.2, 0.25) is 0 Å². The maximum Gasteiger partial charge on any atom is 0.421 e. The topological polar surface area (TPSA) is 26.3 Å². The number of hydrogen-bond donors (Lipinski definition) is 0. The quantitative estimate of drug-likeness (QED) is 0.134. The molecule has 0 aliphatic rings. The van der Waals surface area contributed by atoms with Crippen LogP contribution >= 0.6 is 11.8 Å². The molecule has 0 saturated heterocycles. The first-order chi connectivity index (χ1) is 19.7. The van der Waals surface area contributed by atoms with Gasteiger partial charge >= 0.3 is 6.18 Å². The molecule has 0 N–H and O–H groups in total. The van der Waals surface area contributed by atoms with Crippen molar-refractivity contribution in [1.29, 1.82) is 0 Å². The molecule has 0 fully saturated rings. The number of rotatable bonds is 8. The SMILES string of the molecule is COc1ccc([S+](c2ccc(Sc3ccc(C)c(C(=O)c4ccccc4)c3)cc2)c2ccccc2C(F)(F)F)cc1. The molecule has 0 spiro atoms. The number of alkyl halides is 3. The second-order valence-corrected chi connectivity index (χ2v) is 12.4. The van der Waals surface area contributed by atoms with Gasteiger partial charge in [-0.3, -0.25) is 4.79 Å². The van der Waals surface area contributed by atoms with Gasteiger partial charge in [-0.05, 0) is 85.3 Å². The van der Waals surface area contributed by atoms with Gasteiger partial charge in [0.1, 0.15) is 11.3 Å². The van der Waals surface area contributed by atoms with E-state index in [-0.39, 0.29) is 10.7 Å². The van der Waals surface area contributed by atoms with Gasteiger partial charge in [0.25, 0.3) is 0 Å². The zero-order valence-electron chi connectivity index (χ0n) is 22.3. The highest BCUT2D eigenvalue weighted by Crippen LogP contribution is 2.41. The molecule has 0 bridgehead atoms. The van der Waals surface area contributed by atoms with Gasteiger partial charge in [-0.25, -0.2) is 0 Å². The number of ketones is 1. The Bertz CT molecular complexity index is 1650. The number of methoxy groups -OCH3 is 1. The molecule has 0 aromatic heterocycles. The van der Waals surface area contributed by atoms with Crippen LogP contribution in [0, 0.1) is 6.92 Å². The van der Waals surface area contributed by atoms with E-state index in [1.165, 1.54) is 17.8 Å². The highest BCUT2D eigenvalue weighted by molar-refractivity contribution is 7.99. The molecule has 5 aromatic rings. The molecule has 0 amide bonds. The highest BCUT2D eigenvalue weighted by atomic mass is 32.2. The zero-order chi connectivity index (χ0) is 29.0. The average Bonchev–Trinajstić information content (AvgIpc) is 2.99. The fourth-order valence-corrected chi connectivity index (χ4v) is 7.49. The summed E-state index contributed by atoms with van der Waals surface area (Å²) in [6, 6.07) is 35.5. The summed E-state index contributed by atoms with van der Waals surface area (Å²) in [6.45, 7) is 1.92. The van der Waals surface area contributed by atoms with Crippen molar-refractivity contribution in [3.05, 3.63) is 144 Å². The van der Waals surface area contributed by atoms with Crippen molar-refractivity contribution in [3.63, 3.8) is 0 Å². The summed E-state index contributed by atoms with van der Waals surface area (Å²) >= 11 is 1.50. The summed E-state index contributed by atoms with van der Waals surface area (Å²) in [6.07, 6.45) is -4.48. The fraction of sp³-hybridized carbons (Fsp3) is 0.0882. The molecular formula is C34H26F3O2S2+. The molecule has 1 atom stereocenters. The first-order valence-electron chi connectivity index (χ1n) is 12.8. The van der Waals surface area contributed by atoms with E-state index in [2.05, 4.69) is 0 Å². The van der Waals surface area contributed by atoms with Crippen molar-refractivity contribution in [1.82, 2.24) is 0 Å². The second-order valence-electron chi connectivity index (χ2n) is 9.22. The summed E-state index contributed by atoms with van der Waals surface area (Å²) in [7, 11) is 0.553. The Morgan fingerprint density at radius 2 is 1.32 bits per heavy atom. The van der Waals surface area contributed by atoms with Crippen molar-refractivity contribution in [3.8, 4) is 5.75 Å². The van der Waals surface area contributed by atoms with Crippen molar-refractivity contribution in [2.45, 2.75) is 37.6 Å². The van der Waals surface area contributed by atoms with Crippen LogP contribution in [0.2, 0.25) is 0 Å². The van der Waals surface area contributed by atoms with Crippen molar-refractivity contribution in [2.75, 3.05) is 7.11 Å². The predicted molar refractivity (Wildman–Crippen MR) is 158 cm³/mol. The Balaban J connectivity index is 1.47. The highest BCUT2D eigenvalue weighted by Gasteiger charge is 2.41. The third kappa shape index (κ3) is 6.53. The Morgan fingerprint density at radius 3 is 1.95 bits per heavy atom. The van der Waals surface area contributed by atoms with E-state index in [0.717, 1.165) is 31.2 Å². The van der Waals surface area contributed by atoms with Gasteiger partial charge in [-0.1, -0.05) is 60.3 Å². The van der Waals surface area contributed by atoms with Crippen LogP contribution in [0.1, 0.15) is 27.0 Å². The van der Waals surface area contributed by atoms with Crippen LogP contribution in [0.4, 0.5) is 13.2 Å². The number of aryl methyl sites for hydroxylation is 1. The van der Waals surface area contributed by atoms with Crippen LogP contribution in [-0.2, 0) is 17.1 Å². The summed E-state index contributed by atoms with van der Waals surface area (Å²) in [5.41, 5.74) is 1.52. The lowest BCUT2D eigenvalue weighted by atomic mass is 9.99. The number of carbonyl (C=O) groups excluding carboxylic acids is 1. The molecule has 7 heteroatoms. The molecule has 0 aliphatic heterocycles. The summed E-state index contributed by atoms with van der Waals surface area (Å²) in [4.78, 5) is 16.7. The van der Waals surface area contributed by atoms with Gasteiger partial charge in [0.05, 0.1) is 18.0 Å². The number of hydrogen-bond acceptors (Lipinski definition) is 3. The average molecular weight is 588 g/mol. The fourth-order valence-electron chi connectivity index (χ4n) is 4.41. The minimum atomic E-state index is -4.48. The first kappa shape index (κ1) is 28.6. The Morgan fingerprint density at radius 1 is 0.732 bits per heavy atom. The van der Waals surface area contributed by atoms with Crippen LogP contribution in [0.5, 0.6) is 5.75 Å². The molecule has 2 nitrogen and oxygen atoms in total. The van der Waals surface area contributed by atoms with E-state index in [1.807, 2.05) is 79.7 Å². The third-order valence-electron chi connectivity index (χ3n) is 6.49. The Kier molecular flexibility index (Phi) is 8.57. The van der Waals surface area contributed by atoms with Crippen LogP contribution in [0.15, 0.2) is 146 Å². The number of benzene rings is 5. The number of halogens is 3. The number of ether oxygens (including phenoxy) is 1. The molecule has 0 aliphatic carbocycles. The van der Waals surface area contributed by atoms with Crippen molar-refractivity contribution < 1.29 is 22.7 Å². The molecule has 0 saturated carbocycles. The van der Waals surface area contributed by atoms with Gasteiger partial charge < -0.3 is 4.74 Å². The lowest BCUT2D eigenvalue weighted by Gasteiger charge is -2.14. The number of carbonyl (C=O) groups is 1. The molecule has 1 unspecified atom stereocenters. The van der Waals surface area contributed by atoms with E-state index < -0.39 is 22.6 Å². The Labute approximate surface area is 244 Å². The minimum absolute atomic E-state index is 0.0345. The lowest BCUT2D eigenvalue weighted by molar-refractivity contribution is -0.139. The summed E-state index contributed by atoms with van der Waals surface area (Å²) in [5, 5.41) is 0. The first-order valence-corrected chi connectivity index (χ1v) is 14.8. The van der Waals surface area contributed by atoms with E-state index >= 15 is 0 Å². The minimum Gasteiger partial charge on any atom is -0.497 e. The van der Waals surface area contributed by atoms with Crippen molar-refractivity contribution in [2.24, 2.45) is 0 Å². The lowest BCUT2D eigenvalue weighted by Crippen LogP contribution is -2.14. The standard InChI is InChI=1S/C34H26F3O2S2/c1-23-12-15-27(22-30(23)33(38)24-8-4-3-5-9-24)40-26-16-20-29(21-17-26)41(28-18-13-25(39-2)14-19-28)32-11-7-6-10-31(32)34(35,36)37/h3-22H,1-2H3/q+1. The van der Waals surface area contributed by atoms with E-state index in [9.17, 15) is 18.0 Å². The Hall–Kier alpha value is -3.94. The molecule has 0 radical (unpaired) electrons. The monoisotopic (exact) mass is 587 g/mol. The molecule has 41 heavy (non-hydrogen) atoms. The zero-order valence-corrected chi connectivity index (χ0v) is 23.9. The molecule has 206 valence electrons. The normalized spacial score (nSPS) is 12.1. The largest absolute Gasteiger partial charge is 0.497 e. The van der Waals surface area contributed by atoms with Crippen LogP contribution < -0.4 is 4.74 Å². The molecule has 0 heterocycles. The van der Waals surface area contributed by atoms with Gasteiger partial charge in [0.15, 0.2) is 20.5 Å². The van der Waals surface area contributed by atoms with Gasteiger partial charge in [-0.15, -0.1) is 0 Å². The maximum atomic E-state index is 14.0. The second kappa shape index (κ2) is 12.3.